The highest BCUT2D eigenvalue weighted by Gasteiger charge is 2.15. The van der Waals surface area contributed by atoms with Crippen molar-refractivity contribution < 1.29 is 4.74 Å². The molecule has 1 heterocycles. The first-order valence-corrected chi connectivity index (χ1v) is 8.29. The van der Waals surface area contributed by atoms with Gasteiger partial charge in [0.2, 0.25) is 5.88 Å². The van der Waals surface area contributed by atoms with Crippen molar-refractivity contribution in [2.24, 2.45) is 4.99 Å². The van der Waals surface area contributed by atoms with Crippen LogP contribution >= 0.6 is 35.7 Å². The Kier molecular flexibility index (Phi) is 10.6. The number of methoxy groups -OCH3 is 1. The minimum absolute atomic E-state index is 0. The van der Waals surface area contributed by atoms with Gasteiger partial charge in [-0.15, -0.1) is 24.0 Å². The lowest BCUT2D eigenvalue weighted by atomic mass is 10.2. The molecule has 0 aliphatic carbocycles. The van der Waals surface area contributed by atoms with Crippen LogP contribution in [0.25, 0.3) is 0 Å². The lowest BCUT2D eigenvalue weighted by Gasteiger charge is -2.23. The number of aromatic nitrogens is 1. The fraction of sp³-hybridized carbons (Fsp3) is 0.600. The molecule has 0 aliphatic heterocycles. The van der Waals surface area contributed by atoms with Crippen LogP contribution in [0.3, 0.4) is 0 Å². The number of rotatable bonds is 7. The zero-order chi connectivity index (χ0) is 15.7. The number of pyridine rings is 1. The molecular formula is C15H27IN4OS. The highest BCUT2D eigenvalue weighted by Crippen LogP contribution is 2.19. The van der Waals surface area contributed by atoms with Crippen molar-refractivity contribution in [3.8, 4) is 5.88 Å². The quantitative estimate of drug-likeness (QED) is 0.390. The van der Waals surface area contributed by atoms with Crippen molar-refractivity contribution in [2.45, 2.75) is 32.1 Å². The molecule has 1 rings (SSSR count). The Morgan fingerprint density at radius 1 is 1.41 bits per heavy atom. The van der Waals surface area contributed by atoms with E-state index in [0.29, 0.717) is 12.4 Å². The summed E-state index contributed by atoms with van der Waals surface area (Å²) in [6, 6.07) is 3.85. The molecule has 0 saturated carbocycles. The van der Waals surface area contributed by atoms with E-state index in [0.717, 1.165) is 24.6 Å². The highest BCUT2D eigenvalue weighted by molar-refractivity contribution is 14.0. The van der Waals surface area contributed by atoms with Gasteiger partial charge in [0, 0.05) is 30.1 Å². The van der Waals surface area contributed by atoms with Crippen LogP contribution in [0.4, 0.5) is 0 Å². The Labute approximate surface area is 155 Å². The average molecular weight is 438 g/mol. The van der Waals surface area contributed by atoms with E-state index in [-0.39, 0.29) is 28.7 Å². The van der Waals surface area contributed by atoms with Crippen molar-refractivity contribution in [2.75, 3.05) is 26.5 Å². The summed E-state index contributed by atoms with van der Waals surface area (Å²) in [4.78, 5) is 8.69. The monoisotopic (exact) mass is 438 g/mol. The van der Waals surface area contributed by atoms with Crippen molar-refractivity contribution in [3.05, 3.63) is 23.9 Å². The Hall–Kier alpha value is -0.700. The first-order chi connectivity index (χ1) is 10.0. The third kappa shape index (κ3) is 8.07. The molecule has 5 nitrogen and oxygen atoms in total. The maximum atomic E-state index is 5.12. The number of ether oxygens (including phenoxy) is 1. The molecule has 0 amide bonds. The third-order valence-electron chi connectivity index (χ3n) is 3.01. The SMILES string of the molecule is CCNC(=NCc1ccnc(OC)c1)NCC(C)(C)SC.I. The maximum absolute atomic E-state index is 5.12. The number of nitrogens with zero attached hydrogens (tertiary/aromatic N) is 2. The summed E-state index contributed by atoms with van der Waals surface area (Å²) in [6.07, 6.45) is 3.86. The summed E-state index contributed by atoms with van der Waals surface area (Å²) in [5.74, 6) is 1.44. The molecule has 0 aromatic carbocycles. The van der Waals surface area contributed by atoms with Crippen LogP contribution in [0.1, 0.15) is 26.3 Å². The van der Waals surface area contributed by atoms with Gasteiger partial charge in [0.15, 0.2) is 5.96 Å². The number of hydrogen-bond acceptors (Lipinski definition) is 4. The van der Waals surface area contributed by atoms with Gasteiger partial charge in [0.05, 0.1) is 13.7 Å². The van der Waals surface area contributed by atoms with E-state index in [9.17, 15) is 0 Å². The molecule has 0 aliphatic rings. The van der Waals surface area contributed by atoms with Crippen LogP contribution in [0.15, 0.2) is 23.3 Å². The first-order valence-electron chi connectivity index (χ1n) is 7.07. The second-order valence-electron chi connectivity index (χ2n) is 5.22. The summed E-state index contributed by atoms with van der Waals surface area (Å²) in [6.45, 7) is 8.77. The molecule has 22 heavy (non-hydrogen) atoms. The minimum atomic E-state index is 0. The van der Waals surface area contributed by atoms with E-state index in [2.05, 4.69) is 47.6 Å². The number of aliphatic imine (C=N–C) groups is 1. The van der Waals surface area contributed by atoms with Gasteiger partial charge in [-0.3, -0.25) is 0 Å². The lowest BCUT2D eigenvalue weighted by molar-refractivity contribution is 0.397. The topological polar surface area (TPSA) is 58.5 Å². The summed E-state index contributed by atoms with van der Waals surface area (Å²) >= 11 is 1.84. The number of hydrogen-bond donors (Lipinski definition) is 2. The molecule has 0 unspecified atom stereocenters. The fourth-order valence-corrected chi connectivity index (χ4v) is 1.76. The van der Waals surface area contributed by atoms with E-state index in [4.69, 9.17) is 4.74 Å². The lowest BCUT2D eigenvalue weighted by Crippen LogP contribution is -2.43. The maximum Gasteiger partial charge on any atom is 0.213 e. The Bertz CT molecular complexity index is 469. The second kappa shape index (κ2) is 10.9. The molecule has 0 atom stereocenters. The van der Waals surface area contributed by atoms with Gasteiger partial charge in [-0.05, 0) is 38.7 Å². The van der Waals surface area contributed by atoms with E-state index >= 15 is 0 Å². The standard InChI is InChI=1S/C15H26N4OS.HI/c1-6-16-14(19-11-15(2,3)21-5)18-10-12-7-8-17-13(9-12)20-4;/h7-9H,6,10-11H2,1-5H3,(H2,16,18,19);1H. The molecule has 1 aromatic rings. The molecule has 0 saturated heterocycles. The number of halogens is 1. The van der Waals surface area contributed by atoms with Crippen molar-refractivity contribution in [1.82, 2.24) is 15.6 Å². The Balaban J connectivity index is 0.00000441. The van der Waals surface area contributed by atoms with Gasteiger partial charge in [0.25, 0.3) is 0 Å². The van der Waals surface area contributed by atoms with Gasteiger partial charge in [-0.25, -0.2) is 9.98 Å². The number of guanidine groups is 1. The largest absolute Gasteiger partial charge is 0.481 e. The van der Waals surface area contributed by atoms with Crippen molar-refractivity contribution in [1.29, 1.82) is 0 Å². The molecule has 2 N–H and O–H groups in total. The molecular weight excluding hydrogens is 411 g/mol. The molecule has 126 valence electrons. The van der Waals surface area contributed by atoms with E-state index in [1.165, 1.54) is 0 Å². The van der Waals surface area contributed by atoms with Gasteiger partial charge in [-0.2, -0.15) is 11.8 Å². The van der Waals surface area contributed by atoms with Crippen LogP contribution in [-0.2, 0) is 6.54 Å². The average Bonchev–Trinajstić information content (AvgIpc) is 2.50. The van der Waals surface area contributed by atoms with Gasteiger partial charge in [-0.1, -0.05) is 0 Å². The summed E-state index contributed by atoms with van der Waals surface area (Å²) in [7, 11) is 1.62. The van der Waals surface area contributed by atoms with Crippen LogP contribution < -0.4 is 15.4 Å². The van der Waals surface area contributed by atoms with Gasteiger partial charge < -0.3 is 15.4 Å². The number of nitrogens with one attached hydrogen (secondary N) is 2. The van der Waals surface area contributed by atoms with E-state index in [1.807, 2.05) is 23.9 Å². The highest BCUT2D eigenvalue weighted by atomic mass is 127. The fourth-order valence-electron chi connectivity index (χ4n) is 1.54. The van der Waals surface area contributed by atoms with Gasteiger partial charge in [0.1, 0.15) is 0 Å². The van der Waals surface area contributed by atoms with Crippen LogP contribution in [0.2, 0.25) is 0 Å². The van der Waals surface area contributed by atoms with Crippen LogP contribution in [-0.4, -0.2) is 42.1 Å². The molecule has 1 aromatic heterocycles. The Morgan fingerprint density at radius 2 is 2.14 bits per heavy atom. The second-order valence-corrected chi connectivity index (χ2v) is 6.73. The summed E-state index contributed by atoms with van der Waals surface area (Å²) in [5, 5.41) is 6.64. The summed E-state index contributed by atoms with van der Waals surface area (Å²) < 4.78 is 5.30. The zero-order valence-electron chi connectivity index (χ0n) is 14.0. The smallest absolute Gasteiger partial charge is 0.213 e. The molecule has 0 bridgehead atoms. The molecule has 7 heteroatoms. The summed E-state index contributed by atoms with van der Waals surface area (Å²) in [5.41, 5.74) is 1.07. The number of thioether (sulfide) groups is 1. The van der Waals surface area contributed by atoms with Crippen LogP contribution in [0.5, 0.6) is 5.88 Å². The van der Waals surface area contributed by atoms with Crippen molar-refractivity contribution >= 4 is 41.7 Å². The normalized spacial score (nSPS) is 11.6. The third-order valence-corrected chi connectivity index (χ3v) is 4.26. The minimum Gasteiger partial charge on any atom is -0.481 e. The van der Waals surface area contributed by atoms with Gasteiger partial charge >= 0.3 is 0 Å². The zero-order valence-corrected chi connectivity index (χ0v) is 17.1. The van der Waals surface area contributed by atoms with E-state index < -0.39 is 0 Å². The molecule has 0 fully saturated rings. The van der Waals surface area contributed by atoms with E-state index in [1.54, 1.807) is 13.3 Å². The predicted molar refractivity (Wildman–Crippen MR) is 107 cm³/mol. The Morgan fingerprint density at radius 3 is 2.73 bits per heavy atom. The molecule has 0 spiro atoms. The molecule has 0 radical (unpaired) electrons. The van der Waals surface area contributed by atoms with Crippen molar-refractivity contribution in [3.63, 3.8) is 0 Å². The van der Waals surface area contributed by atoms with Crippen LogP contribution in [0, 0.1) is 0 Å². The first kappa shape index (κ1) is 21.3. The predicted octanol–water partition coefficient (Wildman–Crippen LogP) is 2.90.